The van der Waals surface area contributed by atoms with Gasteiger partial charge in [-0.3, -0.25) is 0 Å². The summed E-state index contributed by atoms with van der Waals surface area (Å²) in [4.78, 5) is 2.42. The van der Waals surface area contributed by atoms with Gasteiger partial charge in [-0.2, -0.15) is 0 Å². The van der Waals surface area contributed by atoms with E-state index in [0.717, 1.165) is 61.9 Å². The fraction of sp³-hybridized carbons (Fsp3) is 0.600. The smallest absolute Gasteiger partial charge is 0.161 e. The standard InChI is InChI=1S/C30H48N2O4.2ClH/c1-22(2)30(21-31-23(3)4,25-12-14-27(34-7)29(20-25)36-9)16-10-17-32(5)18-15-24-11-13-26(33-6)28(19-24)35-8;;/h11-14,19-20,22-23,31H,10,15-18,21H2,1-9H3;2*1H. The van der Waals surface area contributed by atoms with Crippen LogP contribution < -0.4 is 24.3 Å². The summed E-state index contributed by atoms with van der Waals surface area (Å²) in [6.07, 6.45) is 3.16. The molecule has 0 saturated heterocycles. The van der Waals surface area contributed by atoms with Crippen LogP contribution in [0.25, 0.3) is 0 Å². The normalized spacial score (nSPS) is 12.5. The predicted octanol–water partition coefficient (Wildman–Crippen LogP) is 6.41. The number of nitrogens with zero attached hydrogens (tertiary/aromatic N) is 1. The zero-order valence-corrected chi connectivity index (χ0v) is 26.4. The molecule has 0 aromatic heterocycles. The van der Waals surface area contributed by atoms with Gasteiger partial charge >= 0.3 is 0 Å². The summed E-state index contributed by atoms with van der Waals surface area (Å²) in [7, 11) is 8.95. The van der Waals surface area contributed by atoms with E-state index < -0.39 is 0 Å². The molecule has 0 aliphatic carbocycles. The first-order valence-corrected chi connectivity index (χ1v) is 13.1. The van der Waals surface area contributed by atoms with Crippen molar-refractivity contribution in [2.24, 2.45) is 5.92 Å². The number of likely N-dealkylation sites (N-methyl/N-ethyl adjacent to an activating group) is 1. The number of nitrogens with one attached hydrogen (secondary N) is 1. The third-order valence-corrected chi connectivity index (χ3v) is 7.28. The molecular weight excluding hydrogens is 523 g/mol. The summed E-state index contributed by atoms with van der Waals surface area (Å²) in [5.74, 6) is 3.57. The van der Waals surface area contributed by atoms with Crippen molar-refractivity contribution in [3.8, 4) is 23.0 Å². The Labute approximate surface area is 243 Å². The Morgan fingerprint density at radius 3 is 1.84 bits per heavy atom. The summed E-state index contributed by atoms with van der Waals surface area (Å²) in [6, 6.07) is 13.0. The van der Waals surface area contributed by atoms with Gasteiger partial charge in [0.1, 0.15) is 0 Å². The van der Waals surface area contributed by atoms with Crippen molar-refractivity contribution in [1.82, 2.24) is 10.2 Å². The van der Waals surface area contributed by atoms with Crippen LogP contribution >= 0.6 is 24.8 Å². The molecule has 0 aliphatic heterocycles. The molecule has 0 amide bonds. The molecule has 1 N–H and O–H groups in total. The lowest BCUT2D eigenvalue weighted by Crippen LogP contribution is -2.45. The van der Waals surface area contributed by atoms with Gasteiger partial charge in [-0.1, -0.05) is 39.8 Å². The average Bonchev–Trinajstić information content (AvgIpc) is 2.88. The minimum Gasteiger partial charge on any atom is -0.493 e. The van der Waals surface area contributed by atoms with Crippen LogP contribution in [0.1, 0.15) is 51.7 Å². The second-order valence-electron chi connectivity index (χ2n) is 10.3. The lowest BCUT2D eigenvalue weighted by molar-refractivity contribution is 0.236. The Bertz CT molecular complexity index is 942. The van der Waals surface area contributed by atoms with Crippen molar-refractivity contribution in [2.45, 2.75) is 58.4 Å². The number of hydrogen-bond acceptors (Lipinski definition) is 6. The summed E-state index contributed by atoms with van der Waals surface area (Å²) < 4.78 is 22.0. The molecule has 2 aromatic rings. The van der Waals surface area contributed by atoms with Gasteiger partial charge in [0.2, 0.25) is 0 Å². The Morgan fingerprint density at radius 1 is 0.763 bits per heavy atom. The van der Waals surface area contributed by atoms with E-state index in [-0.39, 0.29) is 30.2 Å². The Kier molecular flexibility index (Phi) is 16.8. The molecule has 0 bridgehead atoms. The third-order valence-electron chi connectivity index (χ3n) is 7.28. The van der Waals surface area contributed by atoms with Crippen molar-refractivity contribution in [3.63, 3.8) is 0 Å². The van der Waals surface area contributed by atoms with Crippen LogP contribution in [0.4, 0.5) is 0 Å². The lowest BCUT2D eigenvalue weighted by Gasteiger charge is -2.40. The molecule has 1 unspecified atom stereocenters. The number of methoxy groups -OCH3 is 4. The van der Waals surface area contributed by atoms with Gasteiger partial charge in [0.05, 0.1) is 28.4 Å². The molecule has 6 nitrogen and oxygen atoms in total. The summed E-state index contributed by atoms with van der Waals surface area (Å²) in [5, 5.41) is 3.73. The maximum Gasteiger partial charge on any atom is 0.161 e. The molecule has 0 saturated carbocycles. The van der Waals surface area contributed by atoms with E-state index in [1.165, 1.54) is 11.1 Å². The van der Waals surface area contributed by atoms with E-state index in [9.17, 15) is 0 Å². The third kappa shape index (κ3) is 9.71. The molecule has 1 atom stereocenters. The van der Waals surface area contributed by atoms with Crippen LogP contribution in [0, 0.1) is 5.92 Å². The van der Waals surface area contributed by atoms with E-state index in [1.807, 2.05) is 12.1 Å². The Balaban J connectivity index is 0.00000684. The van der Waals surface area contributed by atoms with E-state index in [1.54, 1.807) is 28.4 Å². The van der Waals surface area contributed by atoms with Gasteiger partial charge in [0.15, 0.2) is 23.0 Å². The first kappa shape index (κ1) is 36.1. The van der Waals surface area contributed by atoms with E-state index in [4.69, 9.17) is 18.9 Å². The zero-order chi connectivity index (χ0) is 26.7. The monoisotopic (exact) mass is 572 g/mol. The second kappa shape index (κ2) is 17.7. The van der Waals surface area contributed by atoms with Crippen LogP contribution in [0.5, 0.6) is 23.0 Å². The highest BCUT2D eigenvalue weighted by atomic mass is 35.5. The van der Waals surface area contributed by atoms with Crippen LogP contribution in [-0.4, -0.2) is 66.1 Å². The minimum atomic E-state index is -0.00594. The SMILES string of the molecule is COc1ccc(CCN(C)CCCC(CNC(C)C)(c2ccc(OC)c(OC)c2)C(C)C)cc1OC.Cl.Cl. The van der Waals surface area contributed by atoms with Crippen LogP contribution in [0.3, 0.4) is 0 Å². The Morgan fingerprint density at radius 2 is 1.32 bits per heavy atom. The molecule has 0 spiro atoms. The molecule has 2 aromatic carbocycles. The van der Waals surface area contributed by atoms with Gasteiger partial charge in [0.25, 0.3) is 0 Å². The summed E-state index contributed by atoms with van der Waals surface area (Å²) in [6.45, 7) is 12.0. The fourth-order valence-corrected chi connectivity index (χ4v) is 4.83. The number of hydrogen-bond donors (Lipinski definition) is 1. The van der Waals surface area contributed by atoms with Gasteiger partial charge in [-0.05, 0) is 74.2 Å². The second-order valence-corrected chi connectivity index (χ2v) is 10.3. The van der Waals surface area contributed by atoms with Gasteiger partial charge < -0.3 is 29.2 Å². The topological polar surface area (TPSA) is 52.2 Å². The molecule has 38 heavy (non-hydrogen) atoms. The predicted molar refractivity (Wildman–Crippen MR) is 164 cm³/mol. The first-order valence-electron chi connectivity index (χ1n) is 13.1. The zero-order valence-electron chi connectivity index (χ0n) is 24.8. The van der Waals surface area contributed by atoms with E-state index >= 15 is 0 Å². The van der Waals surface area contributed by atoms with Crippen molar-refractivity contribution >= 4 is 24.8 Å². The van der Waals surface area contributed by atoms with Gasteiger partial charge in [-0.25, -0.2) is 0 Å². The maximum absolute atomic E-state index is 5.65. The summed E-state index contributed by atoms with van der Waals surface area (Å²) >= 11 is 0. The minimum absolute atomic E-state index is 0. The highest BCUT2D eigenvalue weighted by molar-refractivity contribution is 5.85. The summed E-state index contributed by atoms with van der Waals surface area (Å²) in [5.41, 5.74) is 2.55. The van der Waals surface area contributed by atoms with Crippen molar-refractivity contribution < 1.29 is 18.9 Å². The largest absolute Gasteiger partial charge is 0.493 e. The lowest BCUT2D eigenvalue weighted by atomic mass is 9.68. The Hall–Kier alpha value is -1.86. The quantitative estimate of drug-likeness (QED) is 0.251. The molecule has 8 heteroatoms. The number of ether oxygens (including phenoxy) is 4. The number of rotatable bonds is 16. The molecule has 0 heterocycles. The fourth-order valence-electron chi connectivity index (χ4n) is 4.83. The molecule has 0 radical (unpaired) electrons. The maximum atomic E-state index is 5.65. The average molecular weight is 574 g/mol. The first-order chi connectivity index (χ1) is 17.2. The molecule has 2 rings (SSSR count). The molecular formula is C30H50Cl2N2O4. The van der Waals surface area contributed by atoms with Crippen LogP contribution in [0.15, 0.2) is 36.4 Å². The van der Waals surface area contributed by atoms with Crippen molar-refractivity contribution in [2.75, 3.05) is 55.1 Å². The van der Waals surface area contributed by atoms with Crippen molar-refractivity contribution in [1.29, 1.82) is 0 Å². The molecule has 0 aliphatic rings. The highest BCUT2D eigenvalue weighted by Gasteiger charge is 2.36. The van der Waals surface area contributed by atoms with Gasteiger partial charge in [0, 0.05) is 24.5 Å². The van der Waals surface area contributed by atoms with Gasteiger partial charge in [-0.15, -0.1) is 24.8 Å². The highest BCUT2D eigenvalue weighted by Crippen LogP contribution is 2.40. The van der Waals surface area contributed by atoms with Crippen molar-refractivity contribution in [3.05, 3.63) is 47.5 Å². The van der Waals surface area contributed by atoms with Crippen LogP contribution in [-0.2, 0) is 11.8 Å². The van der Waals surface area contributed by atoms with E-state index in [0.29, 0.717) is 12.0 Å². The van der Waals surface area contributed by atoms with E-state index in [2.05, 4.69) is 69.2 Å². The number of benzene rings is 2. The number of halogens is 2. The molecule has 218 valence electrons. The van der Waals surface area contributed by atoms with Crippen LogP contribution in [0.2, 0.25) is 0 Å². The molecule has 0 fully saturated rings.